The van der Waals surface area contributed by atoms with Gasteiger partial charge in [-0.1, -0.05) is 71.6 Å². The van der Waals surface area contributed by atoms with Crippen molar-refractivity contribution in [2.24, 2.45) is 5.92 Å². The predicted molar refractivity (Wildman–Crippen MR) is 68.6 cm³/mol. The Kier molecular flexibility index (Phi) is 10.6. The van der Waals surface area contributed by atoms with E-state index in [2.05, 4.69) is 6.92 Å². The van der Waals surface area contributed by atoms with Crippen LogP contribution in [-0.4, -0.2) is 11.1 Å². The molecule has 1 saturated carbocycles. The molecule has 0 amide bonds. The van der Waals surface area contributed by atoms with Gasteiger partial charge < -0.3 is 5.11 Å². The summed E-state index contributed by atoms with van der Waals surface area (Å²) < 4.78 is 0. The van der Waals surface area contributed by atoms with E-state index in [4.69, 9.17) is 5.11 Å². The number of aliphatic carboxylic acids is 1. The molecule has 0 aromatic heterocycles. The third kappa shape index (κ3) is 10.0. The molecule has 1 rings (SSSR count). The first-order valence-electron chi connectivity index (χ1n) is 6.91. The highest BCUT2D eigenvalue weighted by Gasteiger charge is 2.08. The summed E-state index contributed by atoms with van der Waals surface area (Å²) in [4.78, 5) is 10.3. The molecular weight excluding hydrogens is 200 g/mol. The van der Waals surface area contributed by atoms with Gasteiger partial charge in [0, 0.05) is 0 Å². The minimum absolute atomic E-state index is 0.161. The van der Waals surface area contributed by atoms with Gasteiger partial charge in [-0.3, -0.25) is 4.79 Å². The summed E-state index contributed by atoms with van der Waals surface area (Å²) in [5.41, 5.74) is 0. The van der Waals surface area contributed by atoms with E-state index < -0.39 is 5.97 Å². The first-order chi connectivity index (χ1) is 7.68. The lowest BCUT2D eigenvalue weighted by Gasteiger charge is -2.05. The molecule has 0 spiro atoms. The lowest BCUT2D eigenvalue weighted by Crippen LogP contribution is -2.08. The van der Waals surface area contributed by atoms with Crippen LogP contribution in [0, 0.1) is 5.92 Å². The van der Waals surface area contributed by atoms with E-state index in [0.29, 0.717) is 0 Å². The third-order valence-electron chi connectivity index (χ3n) is 3.16. The van der Waals surface area contributed by atoms with Gasteiger partial charge >= 0.3 is 5.97 Å². The van der Waals surface area contributed by atoms with Crippen LogP contribution in [0.4, 0.5) is 0 Å². The molecule has 1 unspecified atom stereocenters. The fourth-order valence-electron chi connectivity index (χ4n) is 1.88. The largest absolute Gasteiger partial charge is 0.481 e. The van der Waals surface area contributed by atoms with E-state index in [9.17, 15) is 4.79 Å². The van der Waals surface area contributed by atoms with Gasteiger partial charge in [0.15, 0.2) is 0 Å². The maximum atomic E-state index is 10.3. The molecule has 1 aliphatic rings. The molecule has 1 N–H and O–H groups in total. The second kappa shape index (κ2) is 11.0. The molecule has 0 bridgehead atoms. The number of hydrogen-bond acceptors (Lipinski definition) is 1. The highest BCUT2D eigenvalue weighted by atomic mass is 16.4. The van der Waals surface area contributed by atoms with Crippen molar-refractivity contribution in [3.8, 4) is 0 Å². The normalized spacial score (nSPS) is 17.1. The van der Waals surface area contributed by atoms with Crippen LogP contribution in [0.5, 0.6) is 0 Å². The Bertz CT molecular complexity index is 151. The van der Waals surface area contributed by atoms with Crippen molar-refractivity contribution in [2.75, 3.05) is 0 Å². The molecule has 0 aromatic carbocycles. The number of hydrogen-bond donors (Lipinski definition) is 1. The van der Waals surface area contributed by atoms with Crippen LogP contribution < -0.4 is 0 Å². The van der Waals surface area contributed by atoms with Gasteiger partial charge in [0.2, 0.25) is 0 Å². The summed E-state index contributed by atoms with van der Waals surface area (Å²) in [5.74, 6) is -0.831. The second-order valence-electron chi connectivity index (χ2n) is 4.86. The van der Waals surface area contributed by atoms with Crippen molar-refractivity contribution in [2.45, 2.75) is 78.1 Å². The second-order valence-corrected chi connectivity index (χ2v) is 4.86. The van der Waals surface area contributed by atoms with Crippen LogP contribution in [0.2, 0.25) is 0 Å². The molecule has 0 aromatic rings. The number of unbranched alkanes of at least 4 members (excludes halogenated alkanes) is 2. The van der Waals surface area contributed by atoms with Gasteiger partial charge in [0.1, 0.15) is 0 Å². The van der Waals surface area contributed by atoms with Crippen LogP contribution in [0.1, 0.15) is 78.1 Å². The summed E-state index contributed by atoms with van der Waals surface area (Å²) in [6.45, 7) is 3.88. The molecule has 0 aliphatic heterocycles. The van der Waals surface area contributed by atoms with Crippen molar-refractivity contribution in [3.63, 3.8) is 0 Å². The van der Waals surface area contributed by atoms with Crippen molar-refractivity contribution < 1.29 is 9.90 Å². The highest BCUT2D eigenvalue weighted by Crippen LogP contribution is 2.15. The van der Waals surface area contributed by atoms with E-state index in [1.165, 1.54) is 38.5 Å². The lowest BCUT2D eigenvalue weighted by molar-refractivity contribution is -0.141. The van der Waals surface area contributed by atoms with Gasteiger partial charge in [0.05, 0.1) is 5.92 Å². The van der Waals surface area contributed by atoms with Crippen molar-refractivity contribution in [3.05, 3.63) is 0 Å². The topological polar surface area (TPSA) is 37.3 Å². The maximum absolute atomic E-state index is 10.3. The summed E-state index contributed by atoms with van der Waals surface area (Å²) in [7, 11) is 0. The molecule has 1 fully saturated rings. The van der Waals surface area contributed by atoms with E-state index >= 15 is 0 Å². The minimum atomic E-state index is -0.670. The quantitative estimate of drug-likeness (QED) is 0.697. The lowest BCUT2D eigenvalue weighted by atomic mass is 10.0. The van der Waals surface area contributed by atoms with Gasteiger partial charge in [0.25, 0.3) is 0 Å². The summed E-state index contributed by atoms with van der Waals surface area (Å²) in [6, 6.07) is 0. The Hall–Kier alpha value is -0.530. The molecule has 0 heterocycles. The van der Waals surface area contributed by atoms with Crippen LogP contribution in [0.3, 0.4) is 0 Å². The zero-order chi connectivity index (χ0) is 12.2. The average molecular weight is 228 g/mol. The van der Waals surface area contributed by atoms with Crippen molar-refractivity contribution in [1.82, 2.24) is 0 Å². The smallest absolute Gasteiger partial charge is 0.306 e. The zero-order valence-corrected chi connectivity index (χ0v) is 11.0. The van der Waals surface area contributed by atoms with E-state index in [1.54, 1.807) is 6.92 Å². The number of carboxylic acids is 1. The molecule has 96 valence electrons. The maximum Gasteiger partial charge on any atom is 0.306 e. The zero-order valence-electron chi connectivity index (χ0n) is 11.0. The van der Waals surface area contributed by atoms with E-state index in [1.807, 2.05) is 0 Å². The average Bonchev–Trinajstić information content (AvgIpc) is 2.32. The fourth-order valence-corrected chi connectivity index (χ4v) is 1.88. The van der Waals surface area contributed by atoms with Crippen LogP contribution in [0.15, 0.2) is 0 Å². The van der Waals surface area contributed by atoms with Crippen molar-refractivity contribution >= 4 is 5.97 Å². The SMILES string of the molecule is C1CCCCC1.CCCCCC(C)C(=O)O. The molecule has 0 radical (unpaired) electrons. The molecule has 0 saturated heterocycles. The Morgan fingerprint density at radius 3 is 1.81 bits per heavy atom. The fraction of sp³-hybridized carbons (Fsp3) is 0.929. The van der Waals surface area contributed by atoms with Crippen LogP contribution in [0.25, 0.3) is 0 Å². The molecular formula is C14H28O2. The first kappa shape index (κ1) is 15.5. The molecule has 1 atom stereocenters. The van der Waals surface area contributed by atoms with Gasteiger partial charge in [-0.25, -0.2) is 0 Å². The van der Waals surface area contributed by atoms with Gasteiger partial charge in [-0.05, 0) is 6.42 Å². The number of carbonyl (C=O) groups is 1. The summed E-state index contributed by atoms with van der Waals surface area (Å²) >= 11 is 0. The monoisotopic (exact) mass is 228 g/mol. The number of rotatable bonds is 5. The number of carboxylic acid groups (broad SMARTS) is 1. The standard InChI is InChI=1S/C8H16O2.C6H12/c1-3-4-5-6-7(2)8(9)10;1-2-4-6-5-3-1/h7H,3-6H2,1-2H3,(H,9,10);1-6H2. The predicted octanol–water partition coefficient (Wildman–Crippen LogP) is 4.63. The summed E-state index contributed by atoms with van der Waals surface area (Å²) in [6.07, 6.45) is 13.2. The summed E-state index contributed by atoms with van der Waals surface area (Å²) in [5, 5.41) is 8.48. The molecule has 16 heavy (non-hydrogen) atoms. The van der Waals surface area contributed by atoms with Crippen molar-refractivity contribution in [1.29, 1.82) is 0 Å². The molecule has 1 aliphatic carbocycles. The van der Waals surface area contributed by atoms with Crippen LogP contribution in [-0.2, 0) is 4.79 Å². The highest BCUT2D eigenvalue weighted by molar-refractivity contribution is 5.69. The van der Waals surface area contributed by atoms with Crippen LogP contribution >= 0.6 is 0 Å². The first-order valence-corrected chi connectivity index (χ1v) is 6.91. The third-order valence-corrected chi connectivity index (χ3v) is 3.16. The Balaban J connectivity index is 0.000000315. The molecule has 2 nitrogen and oxygen atoms in total. The van der Waals surface area contributed by atoms with E-state index in [0.717, 1.165) is 25.7 Å². The Morgan fingerprint density at radius 2 is 1.50 bits per heavy atom. The van der Waals surface area contributed by atoms with Gasteiger partial charge in [-0.15, -0.1) is 0 Å². The Morgan fingerprint density at radius 1 is 1.06 bits per heavy atom. The molecule has 2 heteroatoms. The van der Waals surface area contributed by atoms with Gasteiger partial charge in [-0.2, -0.15) is 0 Å². The van der Waals surface area contributed by atoms with E-state index in [-0.39, 0.29) is 5.92 Å². The minimum Gasteiger partial charge on any atom is -0.481 e. The Labute approximate surface area is 100 Å².